The van der Waals surface area contributed by atoms with Crippen LogP contribution in [0.2, 0.25) is 0 Å². The van der Waals surface area contributed by atoms with Crippen molar-refractivity contribution in [1.29, 1.82) is 0 Å². The zero-order chi connectivity index (χ0) is 9.19. The van der Waals surface area contributed by atoms with Crippen molar-refractivity contribution in [2.45, 2.75) is 10.8 Å². The predicted molar refractivity (Wildman–Crippen MR) is 40.1 cm³/mol. The second kappa shape index (κ2) is 3.30. The summed E-state index contributed by atoms with van der Waals surface area (Å²) in [7, 11) is 0. The third-order valence-corrected chi connectivity index (χ3v) is 1.87. The van der Waals surface area contributed by atoms with Crippen molar-refractivity contribution in [3.63, 3.8) is 0 Å². The fourth-order valence-corrected chi connectivity index (χ4v) is 1.23. The van der Waals surface area contributed by atoms with Gasteiger partial charge < -0.3 is 0 Å². The van der Waals surface area contributed by atoms with Crippen molar-refractivity contribution in [2.24, 2.45) is 4.99 Å². The van der Waals surface area contributed by atoms with E-state index in [1.165, 1.54) is 6.08 Å². The van der Waals surface area contributed by atoms with Gasteiger partial charge in [-0.3, -0.25) is 4.79 Å². The third kappa shape index (κ3) is 3.08. The highest BCUT2D eigenvalue weighted by Gasteiger charge is 2.32. The van der Waals surface area contributed by atoms with Gasteiger partial charge in [-0.05, 0) is 11.8 Å². The minimum absolute atomic E-state index is 0.209. The van der Waals surface area contributed by atoms with Crippen LogP contribution >= 0.6 is 11.8 Å². The molecule has 0 aromatic carbocycles. The number of dihydropyridines is 1. The van der Waals surface area contributed by atoms with Crippen molar-refractivity contribution < 1.29 is 18.0 Å². The number of alkyl halides is 3. The first-order chi connectivity index (χ1) is 5.47. The van der Waals surface area contributed by atoms with Gasteiger partial charge in [-0.15, -0.1) is 0 Å². The molecule has 0 aliphatic carbocycles. The third-order valence-electron chi connectivity index (χ3n) is 1.05. The maximum atomic E-state index is 11.7. The average Bonchev–Trinajstić information content (AvgIpc) is 1.91. The number of thioether (sulfide) groups is 1. The van der Waals surface area contributed by atoms with Crippen molar-refractivity contribution in [3.8, 4) is 0 Å². The molecule has 1 aliphatic rings. The van der Waals surface area contributed by atoms with Gasteiger partial charge in [0, 0.05) is 12.3 Å². The molecule has 6 heteroatoms. The van der Waals surface area contributed by atoms with Gasteiger partial charge >= 0.3 is 5.51 Å². The molecule has 1 rings (SSSR count). The monoisotopic (exact) mass is 195 g/mol. The molecule has 1 atom stereocenters. The maximum absolute atomic E-state index is 11.7. The van der Waals surface area contributed by atoms with Gasteiger partial charge in [-0.25, -0.2) is 4.99 Å². The molecule has 66 valence electrons. The van der Waals surface area contributed by atoms with E-state index in [0.29, 0.717) is 0 Å². The Bertz CT molecular complexity index is 230. The Balaban J connectivity index is 2.52. The molecular weight excluding hydrogens is 191 g/mol. The molecule has 0 saturated carbocycles. The Labute approximate surface area is 70.5 Å². The lowest BCUT2D eigenvalue weighted by atomic mass is 10.3. The normalized spacial score (nSPS) is 23.2. The topological polar surface area (TPSA) is 29.4 Å². The molecule has 1 heterocycles. The molecule has 0 spiro atoms. The molecule has 0 bridgehead atoms. The van der Waals surface area contributed by atoms with Crippen LogP contribution in [-0.2, 0) is 4.79 Å². The van der Waals surface area contributed by atoms with E-state index < -0.39 is 16.7 Å². The Kier molecular flexibility index (Phi) is 2.56. The first kappa shape index (κ1) is 9.31. The molecule has 0 N–H and O–H groups in total. The van der Waals surface area contributed by atoms with E-state index in [1.807, 2.05) is 0 Å². The Morgan fingerprint density at radius 2 is 2.17 bits per heavy atom. The number of halogens is 3. The summed E-state index contributed by atoms with van der Waals surface area (Å²) in [6.45, 7) is 0. The van der Waals surface area contributed by atoms with Crippen LogP contribution in [0.4, 0.5) is 13.2 Å². The van der Waals surface area contributed by atoms with E-state index >= 15 is 0 Å². The van der Waals surface area contributed by atoms with E-state index in [0.717, 1.165) is 12.3 Å². The van der Waals surface area contributed by atoms with Crippen LogP contribution in [0.25, 0.3) is 0 Å². The minimum atomic E-state index is -4.29. The first-order valence-electron chi connectivity index (χ1n) is 2.98. The highest BCUT2D eigenvalue weighted by atomic mass is 32.2. The predicted octanol–water partition coefficient (Wildman–Crippen LogP) is 1.78. The Morgan fingerprint density at radius 3 is 2.58 bits per heavy atom. The molecule has 1 amide bonds. The number of aliphatic imine (C=N–C) groups is 1. The number of rotatable bonds is 1. The lowest BCUT2D eigenvalue weighted by Crippen LogP contribution is -2.14. The van der Waals surface area contributed by atoms with Crippen molar-refractivity contribution >= 4 is 23.9 Å². The van der Waals surface area contributed by atoms with Gasteiger partial charge in [0.15, 0.2) is 0 Å². The Morgan fingerprint density at radius 1 is 1.50 bits per heavy atom. The van der Waals surface area contributed by atoms with Crippen LogP contribution in [-0.4, -0.2) is 22.9 Å². The van der Waals surface area contributed by atoms with Crippen LogP contribution in [0.1, 0.15) is 0 Å². The molecule has 2 nitrogen and oxygen atoms in total. The lowest BCUT2D eigenvalue weighted by Gasteiger charge is -2.10. The fraction of sp³-hybridized carbons (Fsp3) is 0.333. The SMILES string of the molecule is O=C1C=CC(SC(F)(F)F)C=N1. The summed E-state index contributed by atoms with van der Waals surface area (Å²) in [5.74, 6) is -0.519. The van der Waals surface area contributed by atoms with E-state index in [2.05, 4.69) is 4.99 Å². The molecule has 0 saturated heterocycles. The summed E-state index contributed by atoms with van der Waals surface area (Å²) in [4.78, 5) is 13.6. The summed E-state index contributed by atoms with van der Waals surface area (Å²) in [6, 6.07) is 0. The van der Waals surface area contributed by atoms with E-state index in [9.17, 15) is 18.0 Å². The van der Waals surface area contributed by atoms with Gasteiger partial charge in [-0.2, -0.15) is 13.2 Å². The smallest absolute Gasteiger partial charge is 0.268 e. The summed E-state index contributed by atoms with van der Waals surface area (Å²) < 4.78 is 35.2. The summed E-state index contributed by atoms with van der Waals surface area (Å²) in [5, 5.41) is -0.873. The molecule has 0 radical (unpaired) electrons. The Hall–Kier alpha value is -0.780. The van der Waals surface area contributed by atoms with Crippen LogP contribution < -0.4 is 0 Å². The van der Waals surface area contributed by atoms with Gasteiger partial charge in [0.2, 0.25) is 0 Å². The number of carbonyl (C=O) groups is 1. The number of carbonyl (C=O) groups excluding carboxylic acids is 1. The number of nitrogens with zero attached hydrogens (tertiary/aromatic N) is 1. The molecule has 1 unspecified atom stereocenters. The highest BCUT2D eigenvalue weighted by molar-refractivity contribution is 8.01. The van der Waals surface area contributed by atoms with Gasteiger partial charge in [0.05, 0.1) is 5.25 Å². The fourth-order valence-electron chi connectivity index (χ4n) is 0.641. The average molecular weight is 195 g/mol. The van der Waals surface area contributed by atoms with Gasteiger partial charge in [-0.1, -0.05) is 6.08 Å². The second-order valence-electron chi connectivity index (χ2n) is 2.00. The molecule has 0 aromatic heterocycles. The van der Waals surface area contributed by atoms with Crippen molar-refractivity contribution in [1.82, 2.24) is 0 Å². The van der Waals surface area contributed by atoms with Gasteiger partial charge in [0.1, 0.15) is 0 Å². The van der Waals surface area contributed by atoms with Crippen LogP contribution in [0.3, 0.4) is 0 Å². The second-order valence-corrected chi connectivity index (χ2v) is 3.25. The lowest BCUT2D eigenvalue weighted by molar-refractivity contribution is -0.113. The zero-order valence-corrected chi connectivity index (χ0v) is 6.52. The standard InChI is InChI=1S/C6H4F3NOS/c7-6(8,9)12-4-1-2-5(11)10-3-4/h1-4H. The largest absolute Gasteiger partial charge is 0.442 e. The number of amides is 1. The summed E-state index contributed by atoms with van der Waals surface area (Å²) >= 11 is -0.209. The first-order valence-corrected chi connectivity index (χ1v) is 3.86. The maximum Gasteiger partial charge on any atom is 0.442 e. The van der Waals surface area contributed by atoms with Crippen LogP contribution in [0, 0.1) is 0 Å². The summed E-state index contributed by atoms with van der Waals surface area (Å²) in [5.41, 5.74) is -4.29. The zero-order valence-electron chi connectivity index (χ0n) is 5.71. The van der Waals surface area contributed by atoms with E-state index in [1.54, 1.807) is 0 Å². The van der Waals surface area contributed by atoms with Crippen LogP contribution in [0.5, 0.6) is 0 Å². The van der Waals surface area contributed by atoms with E-state index in [4.69, 9.17) is 0 Å². The van der Waals surface area contributed by atoms with Crippen molar-refractivity contribution in [3.05, 3.63) is 12.2 Å². The molecule has 1 aliphatic heterocycles. The van der Waals surface area contributed by atoms with E-state index in [-0.39, 0.29) is 11.8 Å². The quantitative estimate of drug-likeness (QED) is 0.638. The highest BCUT2D eigenvalue weighted by Crippen LogP contribution is 2.34. The molecule has 12 heavy (non-hydrogen) atoms. The molecule has 0 fully saturated rings. The number of hydrogen-bond donors (Lipinski definition) is 0. The number of hydrogen-bond acceptors (Lipinski definition) is 2. The minimum Gasteiger partial charge on any atom is -0.268 e. The van der Waals surface area contributed by atoms with Gasteiger partial charge in [0.25, 0.3) is 5.91 Å². The summed E-state index contributed by atoms with van der Waals surface area (Å²) in [6.07, 6.45) is 3.19. The molecule has 0 aromatic rings. The van der Waals surface area contributed by atoms with Crippen LogP contribution in [0.15, 0.2) is 17.1 Å². The molecular formula is C6H4F3NOS. The van der Waals surface area contributed by atoms with Crippen molar-refractivity contribution in [2.75, 3.05) is 0 Å².